The zero-order valence-electron chi connectivity index (χ0n) is 14.6. The Morgan fingerprint density at radius 1 is 1.28 bits per heavy atom. The molecule has 1 fully saturated rings. The second-order valence-corrected chi connectivity index (χ2v) is 6.24. The van der Waals surface area contributed by atoms with E-state index in [-0.39, 0.29) is 24.7 Å². The molecule has 2 heterocycles. The van der Waals surface area contributed by atoms with Gasteiger partial charge in [0.2, 0.25) is 0 Å². The van der Waals surface area contributed by atoms with Gasteiger partial charge in [0.15, 0.2) is 6.61 Å². The Morgan fingerprint density at radius 2 is 2.00 bits per heavy atom. The van der Waals surface area contributed by atoms with Crippen molar-refractivity contribution in [3.05, 3.63) is 23.8 Å². The van der Waals surface area contributed by atoms with Crippen molar-refractivity contribution in [2.45, 2.75) is 39.5 Å². The molecule has 1 aromatic carbocycles. The number of hydrogen-bond donors (Lipinski definition) is 0. The molecule has 1 aliphatic heterocycles. The maximum absolute atomic E-state index is 12.2. The summed E-state index contributed by atoms with van der Waals surface area (Å²) >= 11 is 0. The van der Waals surface area contributed by atoms with Crippen molar-refractivity contribution in [1.82, 2.24) is 19.9 Å². The van der Waals surface area contributed by atoms with Crippen LogP contribution in [0.3, 0.4) is 0 Å². The van der Waals surface area contributed by atoms with E-state index < -0.39 is 5.97 Å². The van der Waals surface area contributed by atoms with Crippen LogP contribution in [0.15, 0.2) is 18.2 Å². The molecule has 25 heavy (non-hydrogen) atoms. The molecule has 8 heteroatoms. The molecule has 0 aliphatic carbocycles. The highest BCUT2D eigenvalue weighted by Crippen LogP contribution is 2.15. The van der Waals surface area contributed by atoms with Gasteiger partial charge in [0.25, 0.3) is 5.91 Å². The highest BCUT2D eigenvalue weighted by Gasteiger charge is 2.26. The molecule has 1 amide bonds. The van der Waals surface area contributed by atoms with Crippen molar-refractivity contribution in [2.75, 3.05) is 19.7 Å². The van der Waals surface area contributed by atoms with Crippen LogP contribution in [0.4, 0.5) is 0 Å². The number of rotatable bonds is 4. The van der Waals surface area contributed by atoms with Crippen LogP contribution in [0.25, 0.3) is 11.0 Å². The SMILES string of the molecule is CCn1nnc2cc(C(=O)OCC(=O)N3C[C@@H](C)O[C@@H](C)C3)ccc21. The molecular weight excluding hydrogens is 324 g/mol. The predicted octanol–water partition coefficient (Wildman–Crippen LogP) is 1.24. The molecule has 1 aromatic heterocycles. The molecule has 0 saturated carbocycles. The van der Waals surface area contributed by atoms with Gasteiger partial charge in [-0.1, -0.05) is 5.21 Å². The summed E-state index contributed by atoms with van der Waals surface area (Å²) in [5.41, 5.74) is 1.83. The minimum Gasteiger partial charge on any atom is -0.452 e. The zero-order chi connectivity index (χ0) is 18.0. The molecule has 3 rings (SSSR count). The maximum Gasteiger partial charge on any atom is 0.338 e. The van der Waals surface area contributed by atoms with E-state index >= 15 is 0 Å². The lowest BCUT2D eigenvalue weighted by molar-refractivity contribution is -0.146. The van der Waals surface area contributed by atoms with Gasteiger partial charge >= 0.3 is 5.97 Å². The Kier molecular flexibility index (Phi) is 4.98. The van der Waals surface area contributed by atoms with Crippen molar-refractivity contribution >= 4 is 22.9 Å². The van der Waals surface area contributed by atoms with Crippen LogP contribution in [0.2, 0.25) is 0 Å². The molecule has 0 spiro atoms. The number of benzene rings is 1. The number of nitrogens with zero attached hydrogens (tertiary/aromatic N) is 4. The van der Waals surface area contributed by atoms with Crippen molar-refractivity contribution in [3.63, 3.8) is 0 Å². The first-order valence-corrected chi connectivity index (χ1v) is 8.41. The van der Waals surface area contributed by atoms with E-state index in [9.17, 15) is 9.59 Å². The molecular formula is C17H22N4O4. The summed E-state index contributed by atoms with van der Waals surface area (Å²) in [5, 5.41) is 8.04. The molecule has 1 saturated heterocycles. The van der Waals surface area contributed by atoms with E-state index in [4.69, 9.17) is 9.47 Å². The van der Waals surface area contributed by atoms with Crippen LogP contribution in [0, 0.1) is 0 Å². The van der Waals surface area contributed by atoms with Gasteiger partial charge in [-0.05, 0) is 39.0 Å². The van der Waals surface area contributed by atoms with Crippen LogP contribution in [0.5, 0.6) is 0 Å². The summed E-state index contributed by atoms with van der Waals surface area (Å²) < 4.78 is 12.5. The van der Waals surface area contributed by atoms with Gasteiger partial charge in [-0.25, -0.2) is 9.48 Å². The van der Waals surface area contributed by atoms with Gasteiger partial charge in [0, 0.05) is 19.6 Å². The van der Waals surface area contributed by atoms with E-state index in [0.717, 1.165) is 5.52 Å². The average molecular weight is 346 g/mol. The summed E-state index contributed by atoms with van der Waals surface area (Å²) in [6.45, 7) is 7.24. The number of amides is 1. The second-order valence-electron chi connectivity index (χ2n) is 6.24. The second kappa shape index (κ2) is 7.18. The number of carbonyl (C=O) groups is 2. The highest BCUT2D eigenvalue weighted by molar-refractivity contribution is 5.94. The van der Waals surface area contributed by atoms with Gasteiger partial charge < -0.3 is 14.4 Å². The third-order valence-electron chi connectivity index (χ3n) is 4.15. The van der Waals surface area contributed by atoms with Crippen LogP contribution < -0.4 is 0 Å². The van der Waals surface area contributed by atoms with Gasteiger partial charge in [-0.15, -0.1) is 5.10 Å². The van der Waals surface area contributed by atoms with Crippen molar-refractivity contribution in [1.29, 1.82) is 0 Å². The lowest BCUT2D eigenvalue weighted by Crippen LogP contribution is -2.49. The summed E-state index contributed by atoms with van der Waals surface area (Å²) in [6.07, 6.45) is -0.0426. The Bertz CT molecular complexity index is 778. The fourth-order valence-electron chi connectivity index (χ4n) is 3.02. The Morgan fingerprint density at radius 3 is 2.68 bits per heavy atom. The van der Waals surface area contributed by atoms with Crippen molar-refractivity contribution < 1.29 is 19.1 Å². The van der Waals surface area contributed by atoms with Crippen LogP contribution in [0.1, 0.15) is 31.1 Å². The molecule has 0 N–H and O–H groups in total. The minimum absolute atomic E-state index is 0.0213. The number of fused-ring (bicyclic) bond motifs is 1. The Balaban J connectivity index is 1.61. The number of ether oxygens (including phenoxy) is 2. The number of aryl methyl sites for hydroxylation is 1. The number of morpholine rings is 1. The lowest BCUT2D eigenvalue weighted by atomic mass is 10.2. The summed E-state index contributed by atoms with van der Waals surface area (Å²) in [6, 6.07) is 5.06. The highest BCUT2D eigenvalue weighted by atomic mass is 16.5. The standard InChI is InChI=1S/C17H22N4O4/c1-4-21-15-6-5-13(7-14(15)18-19-21)17(23)24-10-16(22)20-8-11(2)25-12(3)9-20/h5-7,11-12H,4,8-10H2,1-3H3/t11-,12+. The molecule has 1 aliphatic rings. The van der Waals surface area contributed by atoms with E-state index in [0.29, 0.717) is 30.7 Å². The normalized spacial score (nSPS) is 20.7. The first kappa shape index (κ1) is 17.3. The quantitative estimate of drug-likeness (QED) is 0.774. The maximum atomic E-state index is 12.2. The van der Waals surface area contributed by atoms with E-state index in [1.807, 2.05) is 20.8 Å². The fraction of sp³-hybridized carbons (Fsp3) is 0.529. The van der Waals surface area contributed by atoms with E-state index in [1.165, 1.54) is 0 Å². The smallest absolute Gasteiger partial charge is 0.338 e. The van der Waals surface area contributed by atoms with Crippen molar-refractivity contribution in [3.8, 4) is 0 Å². The monoisotopic (exact) mass is 346 g/mol. The molecule has 134 valence electrons. The average Bonchev–Trinajstić information content (AvgIpc) is 3.00. The number of aromatic nitrogens is 3. The van der Waals surface area contributed by atoms with Crippen LogP contribution >= 0.6 is 0 Å². The largest absolute Gasteiger partial charge is 0.452 e. The van der Waals surface area contributed by atoms with Crippen LogP contribution in [-0.4, -0.2) is 63.7 Å². The molecule has 2 aromatic rings. The predicted molar refractivity (Wildman–Crippen MR) is 90.1 cm³/mol. The first-order chi connectivity index (χ1) is 12.0. The third-order valence-corrected chi connectivity index (χ3v) is 4.15. The molecule has 0 unspecified atom stereocenters. The van der Waals surface area contributed by atoms with Gasteiger partial charge in [0.1, 0.15) is 5.52 Å². The first-order valence-electron chi connectivity index (χ1n) is 8.41. The Hall–Kier alpha value is -2.48. The number of carbonyl (C=O) groups excluding carboxylic acids is 2. The minimum atomic E-state index is -0.546. The third kappa shape index (κ3) is 3.79. The van der Waals surface area contributed by atoms with E-state index in [2.05, 4.69) is 10.3 Å². The zero-order valence-corrected chi connectivity index (χ0v) is 14.6. The topological polar surface area (TPSA) is 86.6 Å². The van der Waals surface area contributed by atoms with Crippen LogP contribution in [-0.2, 0) is 20.8 Å². The number of esters is 1. The lowest BCUT2D eigenvalue weighted by Gasteiger charge is -2.35. The fourth-order valence-corrected chi connectivity index (χ4v) is 3.02. The summed E-state index contributed by atoms with van der Waals surface area (Å²) in [5.74, 6) is -0.760. The molecule has 0 radical (unpaired) electrons. The Labute approximate surface area is 145 Å². The molecule has 0 bridgehead atoms. The number of hydrogen-bond acceptors (Lipinski definition) is 6. The molecule has 8 nitrogen and oxygen atoms in total. The summed E-state index contributed by atoms with van der Waals surface area (Å²) in [7, 11) is 0. The van der Waals surface area contributed by atoms with E-state index in [1.54, 1.807) is 27.8 Å². The summed E-state index contributed by atoms with van der Waals surface area (Å²) in [4.78, 5) is 26.1. The van der Waals surface area contributed by atoms with Gasteiger partial charge in [-0.3, -0.25) is 4.79 Å². The van der Waals surface area contributed by atoms with Crippen molar-refractivity contribution in [2.24, 2.45) is 0 Å². The van der Waals surface area contributed by atoms with Gasteiger partial charge in [0.05, 0.1) is 23.3 Å². The molecule has 2 atom stereocenters. The van der Waals surface area contributed by atoms with Gasteiger partial charge in [-0.2, -0.15) is 0 Å².